The molecule has 36 heavy (non-hydrogen) atoms. The Morgan fingerprint density at radius 2 is 1.64 bits per heavy atom. The zero-order valence-corrected chi connectivity index (χ0v) is 20.1. The van der Waals surface area contributed by atoms with E-state index in [1.165, 1.54) is 37.4 Å². The number of carbonyl (C=O) groups excluding carboxylic acids is 2. The van der Waals surface area contributed by atoms with Crippen LogP contribution < -0.4 is 10.0 Å². The van der Waals surface area contributed by atoms with Crippen molar-refractivity contribution in [2.45, 2.75) is 31.0 Å². The molecule has 2 N–H and O–H groups in total. The van der Waals surface area contributed by atoms with Crippen molar-refractivity contribution >= 4 is 27.6 Å². The van der Waals surface area contributed by atoms with E-state index in [2.05, 4.69) is 19.9 Å². The molecule has 0 aliphatic carbocycles. The molecule has 1 atom stereocenters. The quantitative estimate of drug-likeness (QED) is 0.424. The smallest absolute Gasteiger partial charge is 0.416 e. The van der Waals surface area contributed by atoms with Crippen LogP contribution in [0.3, 0.4) is 0 Å². The number of anilines is 1. The summed E-state index contributed by atoms with van der Waals surface area (Å²) in [6.07, 6.45) is -4.58. The molecule has 3 rings (SSSR count). The Morgan fingerprint density at radius 3 is 2.17 bits per heavy atom. The number of methoxy groups -OCH3 is 1. The van der Waals surface area contributed by atoms with Crippen molar-refractivity contribution in [2.75, 3.05) is 11.8 Å². The minimum absolute atomic E-state index is 0.147. The number of rotatable bonds is 8. The van der Waals surface area contributed by atoms with Crippen molar-refractivity contribution in [3.63, 3.8) is 0 Å². The summed E-state index contributed by atoms with van der Waals surface area (Å²) in [4.78, 5) is 24.0. The molecule has 9 nitrogen and oxygen atoms in total. The predicted molar refractivity (Wildman–Crippen MR) is 122 cm³/mol. The van der Waals surface area contributed by atoms with Crippen LogP contribution >= 0.6 is 0 Å². The number of halogens is 3. The molecule has 192 valence electrons. The minimum atomic E-state index is -4.58. The van der Waals surface area contributed by atoms with Crippen molar-refractivity contribution in [3.8, 4) is 11.3 Å². The van der Waals surface area contributed by atoms with Crippen molar-refractivity contribution in [3.05, 3.63) is 65.9 Å². The number of sulfonamides is 1. The standard InChI is InChI=1S/C23H22F3N3O6S/c1-13(2)20(22(31)34-3)27-21(30)19-12-18(28-35-19)14-4-8-16(9-5-14)29-36(32,33)17-10-6-15(7-11-17)23(24,25)26/h4-13,20,29H,1-3H3,(H,27,30)/t20-/m1/s1. The maximum Gasteiger partial charge on any atom is 0.416 e. The average Bonchev–Trinajstić information content (AvgIpc) is 3.32. The molecule has 0 unspecified atom stereocenters. The fourth-order valence-electron chi connectivity index (χ4n) is 3.10. The van der Waals surface area contributed by atoms with Gasteiger partial charge in [0.1, 0.15) is 11.7 Å². The van der Waals surface area contributed by atoms with Gasteiger partial charge in [-0.2, -0.15) is 13.2 Å². The van der Waals surface area contributed by atoms with Gasteiger partial charge in [0.25, 0.3) is 15.9 Å². The molecule has 0 aliphatic heterocycles. The number of alkyl halides is 3. The molecule has 0 aliphatic rings. The van der Waals surface area contributed by atoms with Crippen LogP contribution in [-0.4, -0.2) is 38.6 Å². The SMILES string of the molecule is COC(=O)[C@H](NC(=O)c1cc(-c2ccc(NS(=O)(=O)c3ccc(C(F)(F)F)cc3)cc2)no1)C(C)C. The van der Waals surface area contributed by atoms with Crippen molar-refractivity contribution in [1.29, 1.82) is 0 Å². The maximum absolute atomic E-state index is 12.7. The third-order valence-electron chi connectivity index (χ3n) is 5.07. The lowest BCUT2D eigenvalue weighted by atomic mass is 10.0. The molecule has 0 radical (unpaired) electrons. The number of amides is 1. The lowest BCUT2D eigenvalue weighted by molar-refractivity contribution is -0.144. The predicted octanol–water partition coefficient (Wildman–Crippen LogP) is 4.09. The normalized spacial score (nSPS) is 12.8. The van der Waals surface area contributed by atoms with Crippen LogP contribution in [0.2, 0.25) is 0 Å². The summed E-state index contributed by atoms with van der Waals surface area (Å²) >= 11 is 0. The Bertz CT molecular complexity index is 1330. The van der Waals surface area contributed by atoms with E-state index in [0.717, 1.165) is 12.1 Å². The molecule has 1 heterocycles. The van der Waals surface area contributed by atoms with Gasteiger partial charge in [-0.3, -0.25) is 9.52 Å². The number of benzene rings is 2. The first-order valence-electron chi connectivity index (χ1n) is 10.5. The lowest BCUT2D eigenvalue weighted by Crippen LogP contribution is -2.44. The highest BCUT2D eigenvalue weighted by Gasteiger charge is 2.31. The number of nitrogens with zero attached hydrogens (tertiary/aromatic N) is 1. The second-order valence-electron chi connectivity index (χ2n) is 8.00. The van der Waals surface area contributed by atoms with Gasteiger partial charge in [-0.25, -0.2) is 13.2 Å². The van der Waals surface area contributed by atoms with E-state index in [1.807, 2.05) is 0 Å². The van der Waals surface area contributed by atoms with Gasteiger partial charge in [0.15, 0.2) is 0 Å². The van der Waals surface area contributed by atoms with E-state index < -0.39 is 39.7 Å². The molecule has 0 fully saturated rings. The van der Waals surface area contributed by atoms with Crippen LogP contribution in [0.1, 0.15) is 30.0 Å². The van der Waals surface area contributed by atoms with Crippen molar-refractivity contribution in [1.82, 2.24) is 10.5 Å². The van der Waals surface area contributed by atoms with Crippen LogP contribution in [0.15, 0.2) is 64.0 Å². The van der Waals surface area contributed by atoms with Gasteiger partial charge in [-0.1, -0.05) is 31.1 Å². The zero-order chi connectivity index (χ0) is 26.7. The summed E-state index contributed by atoms with van der Waals surface area (Å²) in [6, 6.07) is 9.42. The first-order valence-corrected chi connectivity index (χ1v) is 12.0. The summed E-state index contributed by atoms with van der Waals surface area (Å²) < 4.78 is 75.2. The number of aromatic nitrogens is 1. The monoisotopic (exact) mass is 525 g/mol. The highest BCUT2D eigenvalue weighted by molar-refractivity contribution is 7.92. The van der Waals surface area contributed by atoms with E-state index in [4.69, 9.17) is 4.52 Å². The highest BCUT2D eigenvalue weighted by Crippen LogP contribution is 2.30. The van der Waals surface area contributed by atoms with Gasteiger partial charge in [-0.15, -0.1) is 0 Å². The van der Waals surface area contributed by atoms with Gasteiger partial charge in [0.05, 0.1) is 17.6 Å². The van der Waals surface area contributed by atoms with E-state index in [0.29, 0.717) is 17.7 Å². The zero-order valence-electron chi connectivity index (χ0n) is 19.3. The second-order valence-corrected chi connectivity index (χ2v) is 9.68. The van der Waals surface area contributed by atoms with Crippen molar-refractivity contribution < 1.29 is 40.4 Å². The molecule has 2 aromatic carbocycles. The summed E-state index contributed by atoms with van der Waals surface area (Å²) in [5, 5.41) is 6.35. The second kappa shape index (κ2) is 10.4. The van der Waals surface area contributed by atoms with Gasteiger partial charge in [-0.05, 0) is 42.3 Å². The molecule has 1 amide bonds. The number of nitrogens with one attached hydrogen (secondary N) is 2. The number of esters is 1. The minimum Gasteiger partial charge on any atom is -0.467 e. The molecule has 0 saturated heterocycles. The van der Waals surface area contributed by atoms with Crippen LogP contribution in [0.4, 0.5) is 18.9 Å². The van der Waals surface area contributed by atoms with E-state index in [1.54, 1.807) is 13.8 Å². The van der Waals surface area contributed by atoms with Gasteiger partial charge >= 0.3 is 12.1 Å². The number of hydrogen-bond acceptors (Lipinski definition) is 7. The Hall–Kier alpha value is -3.87. The first-order chi connectivity index (χ1) is 16.8. The van der Waals surface area contributed by atoms with Crippen LogP contribution in [0.5, 0.6) is 0 Å². The van der Waals surface area contributed by atoms with E-state index >= 15 is 0 Å². The maximum atomic E-state index is 12.7. The number of ether oxygens (including phenoxy) is 1. The molecule has 13 heteroatoms. The van der Waals surface area contributed by atoms with Crippen molar-refractivity contribution in [2.24, 2.45) is 5.92 Å². The summed E-state index contributed by atoms with van der Waals surface area (Å²) in [6.45, 7) is 3.47. The van der Waals surface area contributed by atoms with Gasteiger partial charge in [0.2, 0.25) is 5.76 Å². The topological polar surface area (TPSA) is 128 Å². The fourth-order valence-corrected chi connectivity index (χ4v) is 4.16. The van der Waals surface area contributed by atoms with Crippen LogP contribution in [0.25, 0.3) is 11.3 Å². The molecular formula is C23H22F3N3O6S. The molecule has 0 saturated carbocycles. The van der Waals surface area contributed by atoms with Gasteiger partial charge in [0, 0.05) is 17.3 Å². The summed E-state index contributed by atoms with van der Waals surface area (Å²) in [7, 11) is -2.92. The molecule has 1 aromatic heterocycles. The van der Waals surface area contributed by atoms with E-state index in [-0.39, 0.29) is 28.0 Å². The fraction of sp³-hybridized carbons (Fsp3) is 0.261. The van der Waals surface area contributed by atoms with Crippen LogP contribution in [0, 0.1) is 5.92 Å². The third-order valence-corrected chi connectivity index (χ3v) is 6.46. The molecule has 0 spiro atoms. The Labute approximate surface area is 204 Å². The van der Waals surface area contributed by atoms with Crippen LogP contribution in [-0.2, 0) is 25.7 Å². The highest BCUT2D eigenvalue weighted by atomic mass is 32.2. The van der Waals surface area contributed by atoms with Gasteiger partial charge < -0.3 is 14.6 Å². The van der Waals surface area contributed by atoms with E-state index in [9.17, 15) is 31.2 Å². The average molecular weight is 526 g/mol. The molecule has 3 aromatic rings. The third kappa shape index (κ3) is 6.22. The largest absolute Gasteiger partial charge is 0.467 e. The lowest BCUT2D eigenvalue weighted by Gasteiger charge is -2.18. The Morgan fingerprint density at radius 1 is 1.03 bits per heavy atom. The summed E-state index contributed by atoms with van der Waals surface area (Å²) in [5.74, 6) is -1.65. The molecule has 0 bridgehead atoms. The summed E-state index contributed by atoms with van der Waals surface area (Å²) in [5.41, 5.74) is -0.0467. The Kier molecular flexibility index (Phi) is 7.72. The first kappa shape index (κ1) is 26.7. The Balaban J connectivity index is 1.71. The number of carbonyl (C=O) groups is 2. The molecular weight excluding hydrogens is 503 g/mol. The number of hydrogen-bond donors (Lipinski definition) is 2.